The molecule has 0 radical (unpaired) electrons. The molecular weight excluding hydrogens is 236 g/mol. The van der Waals surface area contributed by atoms with E-state index in [4.69, 9.17) is 5.26 Å². The number of nitrogens with zero attached hydrogens (tertiary/aromatic N) is 3. The van der Waals surface area contributed by atoms with Crippen LogP contribution >= 0.6 is 0 Å². The molecule has 2 aliphatic rings. The first-order valence-electron chi connectivity index (χ1n) is 7.20. The summed E-state index contributed by atoms with van der Waals surface area (Å²) in [6.07, 6.45) is 6.86. The highest BCUT2D eigenvalue weighted by atomic mass is 15.2. The van der Waals surface area contributed by atoms with Gasteiger partial charge in [0.05, 0.1) is 0 Å². The molecule has 1 aromatic heterocycles. The molecule has 4 heteroatoms. The number of nitriles is 1. The Bertz CT molecular complexity index is 469. The fraction of sp³-hybridized carbons (Fsp3) is 0.600. The molecule has 2 fully saturated rings. The number of nitrogens with one attached hydrogen (secondary N) is 1. The number of rotatable bonds is 4. The zero-order valence-electron chi connectivity index (χ0n) is 11.2. The molecule has 100 valence electrons. The van der Waals surface area contributed by atoms with Crippen LogP contribution in [-0.2, 0) is 0 Å². The molecule has 1 saturated heterocycles. The van der Waals surface area contributed by atoms with Crippen LogP contribution in [0.1, 0.15) is 31.4 Å². The molecule has 4 nitrogen and oxygen atoms in total. The first kappa shape index (κ1) is 12.4. The van der Waals surface area contributed by atoms with Crippen molar-refractivity contribution in [3.05, 3.63) is 24.0 Å². The van der Waals surface area contributed by atoms with Gasteiger partial charge in [0.2, 0.25) is 0 Å². The molecule has 19 heavy (non-hydrogen) atoms. The SMILES string of the molecule is N#Cc1cc(N(CC2CCNCC2)C2CC2)ccn1. The van der Waals surface area contributed by atoms with E-state index in [-0.39, 0.29) is 0 Å². The van der Waals surface area contributed by atoms with Crippen molar-refractivity contribution in [2.75, 3.05) is 24.5 Å². The zero-order valence-corrected chi connectivity index (χ0v) is 11.2. The van der Waals surface area contributed by atoms with Crippen LogP contribution in [0.4, 0.5) is 5.69 Å². The molecule has 1 saturated carbocycles. The summed E-state index contributed by atoms with van der Waals surface area (Å²) in [5.41, 5.74) is 1.70. The molecular formula is C15H20N4. The molecule has 0 spiro atoms. The quantitative estimate of drug-likeness (QED) is 0.894. The predicted molar refractivity (Wildman–Crippen MR) is 74.9 cm³/mol. The van der Waals surface area contributed by atoms with Gasteiger partial charge in [-0.05, 0) is 56.8 Å². The monoisotopic (exact) mass is 256 g/mol. The maximum Gasteiger partial charge on any atom is 0.142 e. The molecule has 1 aliphatic heterocycles. The maximum atomic E-state index is 8.98. The summed E-state index contributed by atoms with van der Waals surface area (Å²) in [5.74, 6) is 0.778. The van der Waals surface area contributed by atoms with E-state index in [1.807, 2.05) is 12.1 Å². The van der Waals surface area contributed by atoms with Crippen molar-refractivity contribution in [2.45, 2.75) is 31.7 Å². The van der Waals surface area contributed by atoms with E-state index in [1.165, 1.54) is 31.4 Å². The van der Waals surface area contributed by atoms with Crippen molar-refractivity contribution < 1.29 is 0 Å². The van der Waals surface area contributed by atoms with E-state index < -0.39 is 0 Å². The average Bonchev–Trinajstić information content (AvgIpc) is 3.30. The highest BCUT2D eigenvalue weighted by molar-refractivity contribution is 5.50. The molecule has 2 heterocycles. The molecule has 0 aromatic carbocycles. The fourth-order valence-electron chi connectivity index (χ4n) is 2.85. The van der Waals surface area contributed by atoms with E-state index in [0.717, 1.165) is 25.6 Å². The summed E-state index contributed by atoms with van der Waals surface area (Å²) >= 11 is 0. The second-order valence-corrected chi connectivity index (χ2v) is 5.59. The predicted octanol–water partition coefficient (Wildman–Crippen LogP) is 1.92. The van der Waals surface area contributed by atoms with Crippen LogP contribution in [0.3, 0.4) is 0 Å². The maximum absolute atomic E-state index is 8.98. The van der Waals surface area contributed by atoms with Crippen LogP contribution in [0.25, 0.3) is 0 Å². The van der Waals surface area contributed by atoms with Crippen LogP contribution in [0, 0.1) is 17.2 Å². The Labute approximate surface area is 114 Å². The van der Waals surface area contributed by atoms with Crippen molar-refractivity contribution in [2.24, 2.45) is 5.92 Å². The van der Waals surface area contributed by atoms with Gasteiger partial charge in [0.1, 0.15) is 11.8 Å². The molecule has 0 unspecified atom stereocenters. The topological polar surface area (TPSA) is 52.0 Å². The Hall–Kier alpha value is -1.60. The average molecular weight is 256 g/mol. The van der Waals surface area contributed by atoms with Crippen molar-refractivity contribution >= 4 is 5.69 Å². The lowest BCUT2D eigenvalue weighted by molar-refractivity contribution is 0.372. The number of pyridine rings is 1. The highest BCUT2D eigenvalue weighted by Gasteiger charge is 2.31. The summed E-state index contributed by atoms with van der Waals surface area (Å²) < 4.78 is 0. The van der Waals surface area contributed by atoms with E-state index in [0.29, 0.717) is 11.7 Å². The minimum absolute atomic E-state index is 0.522. The lowest BCUT2D eigenvalue weighted by atomic mass is 9.97. The number of anilines is 1. The number of hydrogen-bond acceptors (Lipinski definition) is 4. The van der Waals surface area contributed by atoms with Gasteiger partial charge in [-0.15, -0.1) is 0 Å². The largest absolute Gasteiger partial charge is 0.368 e. The van der Waals surface area contributed by atoms with Gasteiger partial charge in [0.25, 0.3) is 0 Å². The first-order chi connectivity index (χ1) is 9.36. The van der Waals surface area contributed by atoms with Crippen LogP contribution in [-0.4, -0.2) is 30.7 Å². The smallest absolute Gasteiger partial charge is 0.142 e. The standard InChI is InChI=1S/C15H20N4/c16-10-13-9-15(5-8-18-13)19(14-1-2-14)11-12-3-6-17-7-4-12/h5,8-9,12,14,17H,1-4,6-7,11H2. The molecule has 3 rings (SSSR count). The number of aromatic nitrogens is 1. The normalized spacial score (nSPS) is 19.9. The lowest BCUT2D eigenvalue weighted by Gasteiger charge is -2.31. The molecule has 0 bridgehead atoms. The fourth-order valence-corrected chi connectivity index (χ4v) is 2.85. The van der Waals surface area contributed by atoms with Crippen LogP contribution in [0.2, 0.25) is 0 Å². The Kier molecular flexibility index (Phi) is 3.65. The van der Waals surface area contributed by atoms with Gasteiger partial charge < -0.3 is 10.2 Å². The Morgan fingerprint density at radius 2 is 2.11 bits per heavy atom. The van der Waals surface area contributed by atoms with Gasteiger partial charge in [-0.2, -0.15) is 5.26 Å². The second-order valence-electron chi connectivity index (χ2n) is 5.59. The summed E-state index contributed by atoms with van der Waals surface area (Å²) in [4.78, 5) is 6.57. The van der Waals surface area contributed by atoms with Crippen molar-refractivity contribution in [1.82, 2.24) is 10.3 Å². The van der Waals surface area contributed by atoms with Gasteiger partial charge >= 0.3 is 0 Å². The second kappa shape index (κ2) is 5.58. The van der Waals surface area contributed by atoms with E-state index in [9.17, 15) is 0 Å². The van der Waals surface area contributed by atoms with E-state index in [2.05, 4.69) is 21.3 Å². The minimum Gasteiger partial charge on any atom is -0.368 e. The number of hydrogen-bond donors (Lipinski definition) is 1. The van der Waals surface area contributed by atoms with Gasteiger partial charge in [-0.1, -0.05) is 0 Å². The Balaban J connectivity index is 1.74. The van der Waals surface area contributed by atoms with E-state index in [1.54, 1.807) is 6.20 Å². The molecule has 0 amide bonds. The van der Waals surface area contributed by atoms with Gasteiger partial charge in [-0.25, -0.2) is 4.98 Å². The number of piperidine rings is 1. The van der Waals surface area contributed by atoms with Crippen LogP contribution in [0.5, 0.6) is 0 Å². The van der Waals surface area contributed by atoms with E-state index >= 15 is 0 Å². The zero-order chi connectivity index (χ0) is 13.1. The Morgan fingerprint density at radius 3 is 2.79 bits per heavy atom. The van der Waals surface area contributed by atoms with Gasteiger partial charge in [0, 0.05) is 24.5 Å². The summed E-state index contributed by atoms with van der Waals surface area (Å²) in [6.45, 7) is 3.41. The third-order valence-electron chi connectivity index (χ3n) is 4.09. The highest BCUT2D eigenvalue weighted by Crippen LogP contribution is 2.33. The molecule has 1 aliphatic carbocycles. The summed E-state index contributed by atoms with van der Waals surface area (Å²) in [7, 11) is 0. The Morgan fingerprint density at radius 1 is 1.32 bits per heavy atom. The summed E-state index contributed by atoms with van der Waals surface area (Å²) in [5, 5.41) is 12.4. The summed E-state index contributed by atoms with van der Waals surface area (Å²) in [6, 6.07) is 6.79. The molecule has 0 atom stereocenters. The third kappa shape index (κ3) is 3.05. The lowest BCUT2D eigenvalue weighted by Crippen LogP contribution is -2.37. The van der Waals surface area contributed by atoms with Gasteiger partial charge in [-0.3, -0.25) is 0 Å². The molecule has 1 aromatic rings. The third-order valence-corrected chi connectivity index (χ3v) is 4.09. The van der Waals surface area contributed by atoms with Gasteiger partial charge in [0.15, 0.2) is 0 Å². The molecule has 1 N–H and O–H groups in total. The van der Waals surface area contributed by atoms with Crippen molar-refractivity contribution in [1.29, 1.82) is 5.26 Å². The van der Waals surface area contributed by atoms with Crippen LogP contribution in [0.15, 0.2) is 18.3 Å². The van der Waals surface area contributed by atoms with Crippen LogP contribution < -0.4 is 10.2 Å². The van der Waals surface area contributed by atoms with Crippen molar-refractivity contribution in [3.8, 4) is 6.07 Å². The minimum atomic E-state index is 0.522. The first-order valence-corrected chi connectivity index (χ1v) is 7.20. The van der Waals surface area contributed by atoms with Crippen molar-refractivity contribution in [3.63, 3.8) is 0 Å².